The van der Waals surface area contributed by atoms with E-state index in [2.05, 4.69) is 0 Å². The molecule has 0 bridgehead atoms. The van der Waals surface area contributed by atoms with E-state index in [0.717, 1.165) is 6.42 Å². The molecule has 0 amide bonds. The smallest absolute Gasteiger partial charge is 0.307 e. The Hall–Kier alpha value is -0.620. The number of carboxylic acid groups (broad SMARTS) is 1. The number of hydrogen-bond donors (Lipinski definition) is 1. The summed E-state index contributed by atoms with van der Waals surface area (Å²) in [6.45, 7) is 5.80. The summed E-state index contributed by atoms with van der Waals surface area (Å²) in [5.41, 5.74) is 0. The molecule has 17 heavy (non-hydrogen) atoms. The Bertz CT molecular complexity index is 326. The molecule has 1 N–H and O–H groups in total. The van der Waals surface area contributed by atoms with Crippen LogP contribution in [-0.4, -0.2) is 42.6 Å². The summed E-state index contributed by atoms with van der Waals surface area (Å²) in [5.74, 6) is -1.52. The molecule has 0 aliphatic rings. The van der Waals surface area contributed by atoms with Gasteiger partial charge in [-0.15, -0.1) is 0 Å². The third kappa shape index (κ3) is 6.02. The number of sulfonamides is 1. The second-order valence-electron chi connectivity index (χ2n) is 4.27. The fourth-order valence-corrected chi connectivity index (χ4v) is 3.26. The molecule has 0 spiro atoms. The van der Waals surface area contributed by atoms with Crippen LogP contribution in [0.5, 0.6) is 0 Å². The van der Waals surface area contributed by atoms with E-state index in [-0.39, 0.29) is 12.3 Å². The van der Waals surface area contributed by atoms with Gasteiger partial charge in [-0.1, -0.05) is 27.2 Å². The zero-order valence-corrected chi connectivity index (χ0v) is 11.7. The summed E-state index contributed by atoms with van der Waals surface area (Å²) in [6, 6.07) is 0. The van der Waals surface area contributed by atoms with Gasteiger partial charge in [0, 0.05) is 13.1 Å². The van der Waals surface area contributed by atoms with Crippen LogP contribution in [0.15, 0.2) is 0 Å². The molecule has 0 aliphatic heterocycles. The summed E-state index contributed by atoms with van der Waals surface area (Å²) in [5, 5.41) is 8.82. The number of unbranched alkanes of at least 4 members (excludes halogenated alkanes) is 1. The summed E-state index contributed by atoms with van der Waals surface area (Å²) in [6.07, 6.45) is 2.12. The third-order valence-electron chi connectivity index (χ3n) is 2.52. The highest BCUT2D eigenvalue weighted by atomic mass is 32.2. The van der Waals surface area contributed by atoms with Crippen molar-refractivity contribution in [3.8, 4) is 0 Å². The number of carbonyl (C=O) groups is 1. The van der Waals surface area contributed by atoms with Gasteiger partial charge in [0.1, 0.15) is 0 Å². The predicted octanol–water partition coefficient (Wildman–Crippen LogP) is 1.55. The highest BCUT2D eigenvalue weighted by molar-refractivity contribution is 7.89. The molecule has 5 nitrogen and oxygen atoms in total. The molecule has 0 aromatic carbocycles. The van der Waals surface area contributed by atoms with Gasteiger partial charge < -0.3 is 5.11 Å². The highest BCUT2D eigenvalue weighted by Crippen LogP contribution is 2.10. The second kappa shape index (κ2) is 7.66. The molecule has 1 atom stereocenters. The van der Waals surface area contributed by atoms with Crippen LogP contribution in [0.3, 0.4) is 0 Å². The first-order valence-electron chi connectivity index (χ1n) is 6.05. The Balaban J connectivity index is 4.66. The van der Waals surface area contributed by atoms with E-state index < -0.39 is 21.9 Å². The van der Waals surface area contributed by atoms with Crippen LogP contribution in [0.4, 0.5) is 0 Å². The average molecular weight is 265 g/mol. The van der Waals surface area contributed by atoms with Crippen LogP contribution < -0.4 is 0 Å². The zero-order chi connectivity index (χ0) is 13.5. The molecule has 6 heteroatoms. The summed E-state index contributed by atoms with van der Waals surface area (Å²) >= 11 is 0. The minimum Gasteiger partial charge on any atom is -0.481 e. The molecule has 0 saturated carbocycles. The van der Waals surface area contributed by atoms with Crippen molar-refractivity contribution in [3.05, 3.63) is 0 Å². The molecule has 0 aromatic rings. The van der Waals surface area contributed by atoms with Crippen LogP contribution in [-0.2, 0) is 14.8 Å². The first-order chi connectivity index (χ1) is 7.85. The number of carboxylic acids is 1. The number of aliphatic carboxylic acids is 1. The van der Waals surface area contributed by atoms with Crippen LogP contribution in [0, 0.1) is 5.92 Å². The van der Waals surface area contributed by atoms with E-state index in [1.807, 2.05) is 13.8 Å². The lowest BCUT2D eigenvalue weighted by Crippen LogP contribution is -2.38. The molecule has 0 radical (unpaired) electrons. The first kappa shape index (κ1) is 16.4. The lowest BCUT2D eigenvalue weighted by atomic mass is 10.2. The van der Waals surface area contributed by atoms with Crippen LogP contribution in [0.25, 0.3) is 0 Å². The van der Waals surface area contributed by atoms with Crippen molar-refractivity contribution in [2.24, 2.45) is 5.92 Å². The minimum absolute atomic E-state index is 0.0647. The predicted molar refractivity (Wildman–Crippen MR) is 67.4 cm³/mol. The van der Waals surface area contributed by atoms with Crippen LogP contribution in [0.2, 0.25) is 0 Å². The monoisotopic (exact) mass is 265 g/mol. The minimum atomic E-state index is -3.31. The van der Waals surface area contributed by atoms with E-state index in [0.29, 0.717) is 19.4 Å². The van der Waals surface area contributed by atoms with Gasteiger partial charge >= 0.3 is 5.97 Å². The molecule has 0 fully saturated rings. The quantitative estimate of drug-likeness (QED) is 0.686. The molecule has 0 heterocycles. The van der Waals surface area contributed by atoms with Crippen molar-refractivity contribution in [2.45, 2.75) is 40.0 Å². The van der Waals surface area contributed by atoms with Crippen LogP contribution >= 0.6 is 0 Å². The van der Waals surface area contributed by atoms with Gasteiger partial charge in [0.25, 0.3) is 0 Å². The molecule has 0 aromatic heterocycles. The zero-order valence-electron chi connectivity index (χ0n) is 10.8. The Labute approximate surface area is 104 Å². The van der Waals surface area contributed by atoms with E-state index in [4.69, 9.17) is 5.11 Å². The maximum absolute atomic E-state index is 12.0. The topological polar surface area (TPSA) is 74.7 Å². The van der Waals surface area contributed by atoms with Gasteiger partial charge in [-0.3, -0.25) is 4.79 Å². The summed E-state index contributed by atoms with van der Waals surface area (Å²) < 4.78 is 25.2. The Kier molecular flexibility index (Phi) is 7.38. The molecular weight excluding hydrogens is 242 g/mol. The summed E-state index contributed by atoms with van der Waals surface area (Å²) in [7, 11) is -3.31. The van der Waals surface area contributed by atoms with Gasteiger partial charge in [-0.25, -0.2) is 12.7 Å². The normalized spacial score (nSPS) is 13.9. The number of hydrogen-bond acceptors (Lipinski definition) is 3. The molecule has 1 unspecified atom stereocenters. The van der Waals surface area contributed by atoms with Crippen molar-refractivity contribution in [1.82, 2.24) is 4.31 Å². The van der Waals surface area contributed by atoms with E-state index in [1.54, 1.807) is 0 Å². The first-order valence-corrected chi connectivity index (χ1v) is 7.66. The SMILES string of the molecule is CCCCS(=O)(=O)N(CCC)CC(C)C(=O)O. The maximum Gasteiger partial charge on any atom is 0.307 e. The Morgan fingerprint density at radius 2 is 1.88 bits per heavy atom. The molecule has 0 rings (SSSR count). The van der Waals surface area contributed by atoms with E-state index in [9.17, 15) is 13.2 Å². The molecule has 102 valence electrons. The van der Waals surface area contributed by atoms with Crippen molar-refractivity contribution in [1.29, 1.82) is 0 Å². The number of rotatable bonds is 9. The van der Waals surface area contributed by atoms with Crippen molar-refractivity contribution in [3.63, 3.8) is 0 Å². The van der Waals surface area contributed by atoms with Gasteiger partial charge in [-0.05, 0) is 12.8 Å². The largest absolute Gasteiger partial charge is 0.481 e. The average Bonchev–Trinajstić information content (AvgIpc) is 2.25. The second-order valence-corrected chi connectivity index (χ2v) is 6.36. The number of nitrogens with zero attached hydrogens (tertiary/aromatic N) is 1. The van der Waals surface area contributed by atoms with E-state index >= 15 is 0 Å². The lowest BCUT2D eigenvalue weighted by molar-refractivity contribution is -0.141. The van der Waals surface area contributed by atoms with Gasteiger partial charge in [0.15, 0.2) is 0 Å². The Morgan fingerprint density at radius 1 is 1.29 bits per heavy atom. The van der Waals surface area contributed by atoms with Crippen molar-refractivity contribution >= 4 is 16.0 Å². The van der Waals surface area contributed by atoms with Gasteiger partial charge in [0.2, 0.25) is 10.0 Å². The molecule has 0 aliphatic carbocycles. The third-order valence-corrected chi connectivity index (χ3v) is 4.44. The Morgan fingerprint density at radius 3 is 2.29 bits per heavy atom. The van der Waals surface area contributed by atoms with Gasteiger partial charge in [-0.2, -0.15) is 0 Å². The maximum atomic E-state index is 12.0. The van der Waals surface area contributed by atoms with Crippen molar-refractivity contribution < 1.29 is 18.3 Å². The van der Waals surface area contributed by atoms with E-state index in [1.165, 1.54) is 11.2 Å². The highest BCUT2D eigenvalue weighted by Gasteiger charge is 2.25. The van der Waals surface area contributed by atoms with Crippen LogP contribution in [0.1, 0.15) is 40.0 Å². The molecular formula is C11H23NO4S. The standard InChI is InChI=1S/C11H23NO4S/c1-4-6-8-17(15,16)12(7-5-2)9-10(3)11(13)14/h10H,4-9H2,1-3H3,(H,13,14). The van der Waals surface area contributed by atoms with Gasteiger partial charge in [0.05, 0.1) is 11.7 Å². The fourth-order valence-electron chi connectivity index (χ4n) is 1.43. The summed E-state index contributed by atoms with van der Waals surface area (Å²) in [4.78, 5) is 10.8. The molecule has 0 saturated heterocycles. The fraction of sp³-hybridized carbons (Fsp3) is 0.909. The van der Waals surface area contributed by atoms with Crippen molar-refractivity contribution in [2.75, 3.05) is 18.8 Å². The lowest BCUT2D eigenvalue weighted by Gasteiger charge is -2.23.